The predicted octanol–water partition coefficient (Wildman–Crippen LogP) is 1.79. The Morgan fingerprint density at radius 2 is 2.00 bits per heavy atom. The Hall–Kier alpha value is -1.11. The van der Waals surface area contributed by atoms with Crippen LogP contribution < -0.4 is 4.72 Å². The van der Waals surface area contributed by atoms with E-state index < -0.39 is 10.0 Å². The van der Waals surface area contributed by atoms with Crippen molar-refractivity contribution in [2.24, 2.45) is 0 Å². The molecule has 1 rings (SSSR count). The van der Waals surface area contributed by atoms with Crippen LogP contribution in [0.3, 0.4) is 0 Å². The normalized spacial score (nSPS) is 12.2. The molecule has 1 aromatic carbocycles. The number of unbranched alkanes of at least 4 members (excludes halogenated alkanes) is 1. The highest BCUT2D eigenvalue weighted by Gasteiger charge is 2.13. The number of sulfonamides is 1. The van der Waals surface area contributed by atoms with E-state index in [0.717, 1.165) is 19.4 Å². The summed E-state index contributed by atoms with van der Waals surface area (Å²) in [5.74, 6) is -0.0496. The topological polar surface area (TPSA) is 69.6 Å². The van der Waals surface area contributed by atoms with Crippen molar-refractivity contribution in [2.75, 3.05) is 20.1 Å². The lowest BCUT2D eigenvalue weighted by atomic mass is 10.2. The minimum Gasteiger partial charge on any atom is -0.508 e. The summed E-state index contributed by atoms with van der Waals surface area (Å²) < 4.78 is 26.5. The van der Waals surface area contributed by atoms with Gasteiger partial charge in [-0.3, -0.25) is 0 Å². The molecule has 0 fully saturated rings. The van der Waals surface area contributed by atoms with Crippen molar-refractivity contribution < 1.29 is 13.5 Å². The average molecular weight is 300 g/mol. The lowest BCUT2D eigenvalue weighted by molar-refractivity contribution is 0.268. The second-order valence-corrected chi connectivity index (χ2v) is 6.94. The monoisotopic (exact) mass is 300 g/mol. The number of nitrogens with one attached hydrogen (secondary N) is 1. The van der Waals surface area contributed by atoms with Crippen LogP contribution >= 0.6 is 0 Å². The first kappa shape index (κ1) is 16.9. The zero-order valence-electron chi connectivity index (χ0n) is 12.3. The maximum Gasteiger partial charge on any atom is 0.240 e. The molecule has 5 nitrogen and oxygen atoms in total. The Morgan fingerprint density at radius 3 is 2.60 bits per heavy atom. The fraction of sp³-hybridized carbons (Fsp3) is 0.571. The van der Waals surface area contributed by atoms with Gasteiger partial charge < -0.3 is 10.0 Å². The molecular weight excluding hydrogens is 276 g/mol. The molecule has 2 N–H and O–H groups in total. The second-order valence-electron chi connectivity index (χ2n) is 5.18. The zero-order valence-corrected chi connectivity index (χ0v) is 13.2. The molecule has 0 aliphatic carbocycles. The summed E-state index contributed by atoms with van der Waals surface area (Å²) in [5, 5.41) is 9.30. The second kappa shape index (κ2) is 7.61. The molecule has 0 amide bonds. The molecule has 1 aromatic rings. The van der Waals surface area contributed by atoms with Gasteiger partial charge in [0.2, 0.25) is 10.0 Å². The Balaban J connectivity index is 2.38. The van der Waals surface area contributed by atoms with E-state index in [4.69, 9.17) is 0 Å². The molecule has 0 spiro atoms. The number of phenolic OH excluding ortho intramolecular Hbond substituents is 1. The number of hydrogen-bond acceptors (Lipinski definition) is 4. The van der Waals surface area contributed by atoms with Crippen LogP contribution in [0.15, 0.2) is 29.2 Å². The third-order valence-electron chi connectivity index (χ3n) is 3.24. The van der Waals surface area contributed by atoms with Crippen molar-refractivity contribution in [1.82, 2.24) is 9.62 Å². The first-order valence-electron chi connectivity index (χ1n) is 6.82. The molecule has 0 radical (unpaired) electrons. The maximum atomic E-state index is 12.0. The van der Waals surface area contributed by atoms with Crippen LogP contribution in [-0.2, 0) is 10.0 Å². The average Bonchev–Trinajstić information content (AvgIpc) is 2.37. The van der Waals surface area contributed by atoms with E-state index in [1.165, 1.54) is 24.3 Å². The van der Waals surface area contributed by atoms with Gasteiger partial charge in [-0.2, -0.15) is 0 Å². The van der Waals surface area contributed by atoms with E-state index in [-0.39, 0.29) is 10.6 Å². The molecule has 0 aliphatic rings. The lowest BCUT2D eigenvalue weighted by Gasteiger charge is -2.20. The molecule has 0 heterocycles. The molecule has 0 saturated heterocycles. The summed E-state index contributed by atoms with van der Waals surface area (Å²) in [6, 6.07) is 6.17. The maximum absolute atomic E-state index is 12.0. The fourth-order valence-corrected chi connectivity index (χ4v) is 2.80. The standard InChI is InChI=1S/C14H24N2O3S/c1-12(2)16(3)10-5-4-9-15-20(18,19)14-8-6-7-13(17)11-14/h6-8,11-12,15,17H,4-5,9-10H2,1-3H3. The number of hydrogen-bond donors (Lipinski definition) is 2. The lowest BCUT2D eigenvalue weighted by Crippen LogP contribution is -2.29. The van der Waals surface area contributed by atoms with Crippen LogP contribution in [0.5, 0.6) is 5.75 Å². The first-order valence-corrected chi connectivity index (χ1v) is 8.30. The van der Waals surface area contributed by atoms with E-state index in [0.29, 0.717) is 12.6 Å². The van der Waals surface area contributed by atoms with Crippen LogP contribution in [0.2, 0.25) is 0 Å². The molecule has 0 atom stereocenters. The van der Waals surface area contributed by atoms with Crippen molar-refractivity contribution >= 4 is 10.0 Å². The van der Waals surface area contributed by atoms with Gasteiger partial charge >= 0.3 is 0 Å². The number of phenols is 1. The van der Waals surface area contributed by atoms with Gasteiger partial charge in [-0.15, -0.1) is 0 Å². The third kappa shape index (κ3) is 5.48. The van der Waals surface area contributed by atoms with E-state index in [1.54, 1.807) is 0 Å². The van der Waals surface area contributed by atoms with Crippen molar-refractivity contribution in [3.05, 3.63) is 24.3 Å². The minimum absolute atomic E-state index is 0.0496. The van der Waals surface area contributed by atoms with Crippen molar-refractivity contribution in [1.29, 1.82) is 0 Å². The van der Waals surface area contributed by atoms with E-state index in [1.807, 2.05) is 0 Å². The van der Waals surface area contributed by atoms with Gasteiger partial charge in [-0.05, 0) is 58.5 Å². The highest BCUT2D eigenvalue weighted by Crippen LogP contribution is 2.15. The molecule has 0 saturated carbocycles. The van der Waals surface area contributed by atoms with Gasteiger partial charge in [0.25, 0.3) is 0 Å². The molecule has 0 bridgehead atoms. The predicted molar refractivity (Wildman–Crippen MR) is 80.3 cm³/mol. The Labute approximate surface area is 121 Å². The van der Waals surface area contributed by atoms with Crippen molar-refractivity contribution in [3.8, 4) is 5.75 Å². The van der Waals surface area contributed by atoms with Crippen molar-refractivity contribution in [3.63, 3.8) is 0 Å². The van der Waals surface area contributed by atoms with Crippen LogP contribution in [0.1, 0.15) is 26.7 Å². The smallest absolute Gasteiger partial charge is 0.240 e. The highest BCUT2D eigenvalue weighted by molar-refractivity contribution is 7.89. The van der Waals surface area contributed by atoms with Crippen molar-refractivity contribution in [2.45, 2.75) is 37.6 Å². The highest BCUT2D eigenvalue weighted by atomic mass is 32.2. The van der Waals surface area contributed by atoms with Gasteiger partial charge in [0.15, 0.2) is 0 Å². The molecule has 0 unspecified atom stereocenters. The van der Waals surface area contributed by atoms with Crippen LogP contribution in [0, 0.1) is 0 Å². The summed E-state index contributed by atoms with van der Waals surface area (Å²) in [6.07, 6.45) is 1.73. The number of benzene rings is 1. The van der Waals surface area contributed by atoms with Gasteiger partial charge in [-0.1, -0.05) is 6.07 Å². The molecular formula is C14H24N2O3S. The SMILES string of the molecule is CC(C)N(C)CCCCNS(=O)(=O)c1cccc(O)c1. The molecule has 114 valence electrons. The number of rotatable bonds is 8. The Kier molecular flexibility index (Phi) is 6.45. The summed E-state index contributed by atoms with van der Waals surface area (Å²) in [6.45, 7) is 5.62. The summed E-state index contributed by atoms with van der Waals surface area (Å²) in [4.78, 5) is 2.32. The zero-order chi connectivity index (χ0) is 15.2. The van der Waals surface area contributed by atoms with Gasteiger partial charge in [0.1, 0.15) is 5.75 Å². The summed E-state index contributed by atoms with van der Waals surface area (Å²) in [7, 11) is -1.47. The van der Waals surface area contributed by atoms with Crippen LogP contribution in [-0.4, -0.2) is 44.6 Å². The van der Waals surface area contributed by atoms with Crippen LogP contribution in [0.4, 0.5) is 0 Å². The van der Waals surface area contributed by atoms with Gasteiger partial charge in [-0.25, -0.2) is 13.1 Å². The summed E-state index contributed by atoms with van der Waals surface area (Å²) in [5.41, 5.74) is 0. The Morgan fingerprint density at radius 1 is 1.30 bits per heavy atom. The third-order valence-corrected chi connectivity index (χ3v) is 4.70. The molecule has 0 aromatic heterocycles. The van der Waals surface area contributed by atoms with E-state index in [9.17, 15) is 13.5 Å². The van der Waals surface area contributed by atoms with E-state index in [2.05, 4.69) is 30.5 Å². The number of nitrogens with zero attached hydrogens (tertiary/aromatic N) is 1. The van der Waals surface area contributed by atoms with Crippen LogP contribution in [0.25, 0.3) is 0 Å². The van der Waals surface area contributed by atoms with E-state index >= 15 is 0 Å². The molecule has 0 aliphatic heterocycles. The van der Waals surface area contributed by atoms with Gasteiger partial charge in [0, 0.05) is 12.6 Å². The summed E-state index contributed by atoms with van der Waals surface area (Å²) >= 11 is 0. The fourth-order valence-electron chi connectivity index (χ4n) is 1.68. The molecule has 20 heavy (non-hydrogen) atoms. The molecule has 6 heteroatoms. The number of aromatic hydroxyl groups is 1. The Bertz CT molecular complexity index is 515. The largest absolute Gasteiger partial charge is 0.508 e. The minimum atomic E-state index is -3.52. The first-order chi connectivity index (χ1) is 9.33. The quantitative estimate of drug-likeness (QED) is 0.718. The van der Waals surface area contributed by atoms with Gasteiger partial charge in [0.05, 0.1) is 4.90 Å².